The minimum Gasteiger partial charge on any atom is -0.367 e. The molecule has 0 saturated heterocycles. The molecule has 0 spiro atoms. The summed E-state index contributed by atoms with van der Waals surface area (Å²) in [5.41, 5.74) is 4.28. The minimum atomic E-state index is -1.44. The molecule has 21 heavy (non-hydrogen) atoms. The maximum atomic E-state index is 13.6. The summed E-state index contributed by atoms with van der Waals surface area (Å²) in [7, 11) is 0. The van der Waals surface area contributed by atoms with Crippen molar-refractivity contribution < 1.29 is 14.0 Å². The van der Waals surface area contributed by atoms with Gasteiger partial charge in [0.15, 0.2) is 5.82 Å². The third kappa shape index (κ3) is 2.89. The van der Waals surface area contributed by atoms with E-state index in [4.69, 9.17) is 5.73 Å². The van der Waals surface area contributed by atoms with Gasteiger partial charge in [-0.2, -0.15) is 0 Å². The summed E-state index contributed by atoms with van der Waals surface area (Å²) in [4.78, 5) is 27.5. The summed E-state index contributed by atoms with van der Waals surface area (Å²) in [5.74, 6) is -2.24. The fourth-order valence-electron chi connectivity index (χ4n) is 1.90. The van der Waals surface area contributed by atoms with Crippen LogP contribution in [0.25, 0.3) is 0 Å². The average Bonchev–Trinajstić information content (AvgIpc) is 2.48. The van der Waals surface area contributed by atoms with Gasteiger partial charge in [0, 0.05) is 6.20 Å². The third-order valence-corrected chi connectivity index (χ3v) is 3.22. The molecule has 1 aromatic heterocycles. The van der Waals surface area contributed by atoms with Gasteiger partial charge < -0.3 is 11.1 Å². The van der Waals surface area contributed by atoms with Gasteiger partial charge in [-0.25, -0.2) is 4.39 Å². The number of rotatable bonds is 4. The van der Waals surface area contributed by atoms with E-state index in [-0.39, 0.29) is 5.56 Å². The number of carbonyl (C=O) groups is 2. The van der Waals surface area contributed by atoms with Crippen molar-refractivity contribution in [2.45, 2.75) is 12.5 Å². The highest BCUT2D eigenvalue weighted by molar-refractivity contribution is 5.99. The van der Waals surface area contributed by atoms with Gasteiger partial charge in [0.05, 0.1) is 11.8 Å². The Morgan fingerprint density at radius 1 is 1.24 bits per heavy atom. The number of halogens is 1. The van der Waals surface area contributed by atoms with Gasteiger partial charge in [-0.3, -0.25) is 14.6 Å². The van der Waals surface area contributed by atoms with Gasteiger partial charge >= 0.3 is 0 Å². The summed E-state index contributed by atoms with van der Waals surface area (Å²) in [6.07, 6.45) is 2.22. The predicted octanol–water partition coefficient (Wildman–Crippen LogP) is 1.35. The lowest BCUT2D eigenvalue weighted by molar-refractivity contribution is -0.123. The van der Waals surface area contributed by atoms with Crippen LogP contribution in [0.4, 0.5) is 4.39 Å². The van der Waals surface area contributed by atoms with Gasteiger partial charge in [0.2, 0.25) is 5.91 Å². The van der Waals surface area contributed by atoms with E-state index in [1.807, 2.05) is 0 Å². The molecule has 1 atom stereocenters. The number of carbonyl (C=O) groups excluding carboxylic acids is 2. The van der Waals surface area contributed by atoms with Gasteiger partial charge in [-0.15, -0.1) is 0 Å². The molecule has 0 fully saturated rings. The minimum absolute atomic E-state index is 0.201. The van der Waals surface area contributed by atoms with E-state index in [2.05, 4.69) is 10.3 Å². The molecule has 2 amide bonds. The molecule has 6 heteroatoms. The van der Waals surface area contributed by atoms with Crippen LogP contribution in [0.5, 0.6) is 0 Å². The van der Waals surface area contributed by atoms with Crippen molar-refractivity contribution >= 4 is 11.8 Å². The first-order valence-corrected chi connectivity index (χ1v) is 6.22. The topological polar surface area (TPSA) is 85.1 Å². The molecular formula is C15H14FN3O2. The SMILES string of the molecule is C[C@](NC(=O)c1ccncc1F)(C(N)=O)c1ccccc1. The molecule has 3 N–H and O–H groups in total. The van der Waals surface area contributed by atoms with E-state index in [1.165, 1.54) is 19.2 Å². The number of hydrogen-bond acceptors (Lipinski definition) is 3. The Morgan fingerprint density at radius 2 is 1.90 bits per heavy atom. The molecule has 2 aromatic rings. The predicted molar refractivity (Wildman–Crippen MR) is 74.6 cm³/mol. The van der Waals surface area contributed by atoms with E-state index in [0.717, 1.165) is 6.20 Å². The second-order valence-corrected chi connectivity index (χ2v) is 4.66. The summed E-state index contributed by atoms with van der Waals surface area (Å²) in [6, 6.07) is 9.76. The second-order valence-electron chi connectivity index (χ2n) is 4.66. The number of nitrogens with one attached hydrogen (secondary N) is 1. The molecule has 1 heterocycles. The first kappa shape index (κ1) is 14.6. The molecule has 2 rings (SSSR count). The van der Waals surface area contributed by atoms with E-state index < -0.39 is 23.2 Å². The molecule has 0 saturated carbocycles. The normalized spacial score (nSPS) is 13.2. The molecule has 0 bridgehead atoms. The Labute approximate surface area is 121 Å². The molecular weight excluding hydrogens is 273 g/mol. The number of amides is 2. The molecule has 1 aromatic carbocycles. The number of nitrogens with two attached hydrogens (primary N) is 1. The number of aromatic nitrogens is 1. The smallest absolute Gasteiger partial charge is 0.255 e. The van der Waals surface area contributed by atoms with Crippen LogP contribution in [0.15, 0.2) is 48.8 Å². The van der Waals surface area contributed by atoms with E-state index in [9.17, 15) is 14.0 Å². The first-order valence-electron chi connectivity index (χ1n) is 6.22. The lowest BCUT2D eigenvalue weighted by atomic mass is 9.91. The van der Waals surface area contributed by atoms with Crippen molar-refractivity contribution in [2.24, 2.45) is 5.73 Å². The van der Waals surface area contributed by atoms with Crippen LogP contribution in [-0.2, 0) is 10.3 Å². The molecule has 0 aliphatic carbocycles. The highest BCUT2D eigenvalue weighted by Crippen LogP contribution is 2.21. The summed E-state index contributed by atoms with van der Waals surface area (Å²) < 4.78 is 13.6. The van der Waals surface area contributed by atoms with Crippen LogP contribution in [0.3, 0.4) is 0 Å². The average molecular weight is 287 g/mol. The Kier molecular flexibility index (Phi) is 3.98. The zero-order chi connectivity index (χ0) is 15.5. The zero-order valence-electron chi connectivity index (χ0n) is 11.3. The Bertz CT molecular complexity index is 676. The molecule has 0 radical (unpaired) electrons. The maximum Gasteiger partial charge on any atom is 0.255 e. The van der Waals surface area contributed by atoms with Crippen molar-refractivity contribution in [3.63, 3.8) is 0 Å². The number of hydrogen-bond donors (Lipinski definition) is 2. The Hall–Kier alpha value is -2.76. The first-order chi connectivity index (χ1) is 9.95. The van der Waals surface area contributed by atoms with E-state index in [1.54, 1.807) is 30.3 Å². The zero-order valence-corrected chi connectivity index (χ0v) is 11.3. The van der Waals surface area contributed by atoms with Crippen LogP contribution < -0.4 is 11.1 Å². The van der Waals surface area contributed by atoms with Crippen molar-refractivity contribution in [1.29, 1.82) is 0 Å². The van der Waals surface area contributed by atoms with Crippen molar-refractivity contribution in [1.82, 2.24) is 10.3 Å². The summed E-state index contributed by atoms with van der Waals surface area (Å²) >= 11 is 0. The van der Waals surface area contributed by atoms with Gasteiger partial charge in [-0.1, -0.05) is 30.3 Å². The fraction of sp³-hybridized carbons (Fsp3) is 0.133. The van der Waals surface area contributed by atoms with Crippen LogP contribution >= 0.6 is 0 Å². The highest BCUT2D eigenvalue weighted by Gasteiger charge is 2.35. The maximum absolute atomic E-state index is 13.6. The molecule has 0 aliphatic rings. The largest absolute Gasteiger partial charge is 0.367 e. The number of primary amides is 1. The van der Waals surface area contributed by atoms with E-state index in [0.29, 0.717) is 5.56 Å². The molecule has 0 aliphatic heterocycles. The number of benzene rings is 1. The second kappa shape index (κ2) is 5.70. The Morgan fingerprint density at radius 3 is 2.48 bits per heavy atom. The number of nitrogens with zero attached hydrogens (tertiary/aromatic N) is 1. The quantitative estimate of drug-likeness (QED) is 0.890. The molecule has 5 nitrogen and oxygen atoms in total. The Balaban J connectivity index is 2.36. The lowest BCUT2D eigenvalue weighted by Crippen LogP contribution is -2.52. The fourth-order valence-corrected chi connectivity index (χ4v) is 1.90. The van der Waals surface area contributed by atoms with Crippen LogP contribution in [0.2, 0.25) is 0 Å². The standard InChI is InChI=1S/C15H14FN3O2/c1-15(14(17)21,10-5-3-2-4-6-10)19-13(20)11-7-8-18-9-12(11)16/h2-9H,1H3,(H2,17,21)(H,19,20)/t15-/m1/s1. The van der Waals surface area contributed by atoms with Gasteiger partial charge in [0.25, 0.3) is 5.91 Å². The third-order valence-electron chi connectivity index (χ3n) is 3.22. The number of pyridine rings is 1. The summed E-state index contributed by atoms with van der Waals surface area (Å²) in [6.45, 7) is 1.47. The molecule has 108 valence electrons. The highest BCUT2D eigenvalue weighted by atomic mass is 19.1. The van der Waals surface area contributed by atoms with Crippen molar-refractivity contribution in [3.8, 4) is 0 Å². The van der Waals surface area contributed by atoms with Crippen LogP contribution in [0.1, 0.15) is 22.8 Å². The lowest BCUT2D eigenvalue weighted by Gasteiger charge is -2.28. The van der Waals surface area contributed by atoms with Crippen LogP contribution in [-0.4, -0.2) is 16.8 Å². The van der Waals surface area contributed by atoms with Crippen molar-refractivity contribution in [2.75, 3.05) is 0 Å². The monoisotopic (exact) mass is 287 g/mol. The van der Waals surface area contributed by atoms with Gasteiger partial charge in [-0.05, 0) is 18.6 Å². The molecule has 0 unspecified atom stereocenters. The van der Waals surface area contributed by atoms with E-state index >= 15 is 0 Å². The van der Waals surface area contributed by atoms with Crippen LogP contribution in [0, 0.1) is 5.82 Å². The summed E-state index contributed by atoms with van der Waals surface area (Å²) in [5, 5.41) is 2.48. The van der Waals surface area contributed by atoms with Crippen molar-refractivity contribution in [3.05, 3.63) is 65.7 Å². The van der Waals surface area contributed by atoms with Gasteiger partial charge in [0.1, 0.15) is 5.54 Å².